The standard InChI is InChI=1S/C20H23N3O4/c1-13-8-9-17(27-13)14(2)21-19(25)20(26)22-16-6-3-5-15(11-16)12-23-10-4-7-18(23)24/h3,5-6,8-9,11,14H,4,7,10,12H2,1-2H3,(H,21,25)(H,22,26). The summed E-state index contributed by atoms with van der Waals surface area (Å²) in [5, 5.41) is 5.21. The van der Waals surface area contributed by atoms with Crippen molar-refractivity contribution in [3.05, 3.63) is 53.5 Å². The van der Waals surface area contributed by atoms with Gasteiger partial charge >= 0.3 is 11.8 Å². The largest absolute Gasteiger partial charge is 0.464 e. The molecule has 1 aliphatic rings. The molecule has 0 spiro atoms. The first-order valence-corrected chi connectivity index (χ1v) is 8.97. The van der Waals surface area contributed by atoms with Gasteiger partial charge in [-0.2, -0.15) is 0 Å². The summed E-state index contributed by atoms with van der Waals surface area (Å²) < 4.78 is 5.45. The van der Waals surface area contributed by atoms with Crippen molar-refractivity contribution < 1.29 is 18.8 Å². The maximum Gasteiger partial charge on any atom is 0.313 e. The van der Waals surface area contributed by atoms with Crippen LogP contribution in [-0.2, 0) is 20.9 Å². The molecule has 0 radical (unpaired) electrons. The van der Waals surface area contributed by atoms with E-state index in [1.54, 1.807) is 42.2 Å². The molecule has 3 rings (SSSR count). The Morgan fingerprint density at radius 3 is 2.70 bits per heavy atom. The number of carbonyl (C=O) groups is 3. The van der Waals surface area contributed by atoms with E-state index in [1.165, 1.54) is 0 Å². The predicted molar refractivity (Wildman–Crippen MR) is 99.7 cm³/mol. The molecule has 1 fully saturated rings. The van der Waals surface area contributed by atoms with Crippen molar-refractivity contribution in [3.63, 3.8) is 0 Å². The highest BCUT2D eigenvalue weighted by Gasteiger charge is 2.21. The van der Waals surface area contributed by atoms with Crippen LogP contribution < -0.4 is 10.6 Å². The number of hydrogen-bond acceptors (Lipinski definition) is 4. The third-order valence-electron chi connectivity index (χ3n) is 4.47. The van der Waals surface area contributed by atoms with Crippen molar-refractivity contribution in [2.75, 3.05) is 11.9 Å². The molecule has 0 aliphatic carbocycles. The topological polar surface area (TPSA) is 91.7 Å². The van der Waals surface area contributed by atoms with Crippen LogP contribution in [-0.4, -0.2) is 29.2 Å². The zero-order valence-corrected chi connectivity index (χ0v) is 15.5. The lowest BCUT2D eigenvalue weighted by Gasteiger charge is -2.16. The van der Waals surface area contributed by atoms with Gasteiger partial charge in [0.25, 0.3) is 0 Å². The lowest BCUT2D eigenvalue weighted by molar-refractivity contribution is -0.136. The second-order valence-electron chi connectivity index (χ2n) is 6.72. The lowest BCUT2D eigenvalue weighted by Crippen LogP contribution is -2.36. The molecule has 1 aromatic carbocycles. The highest BCUT2D eigenvalue weighted by atomic mass is 16.3. The Kier molecular flexibility index (Phi) is 5.59. The Hall–Kier alpha value is -3.09. The average Bonchev–Trinajstić information content (AvgIpc) is 3.24. The van der Waals surface area contributed by atoms with E-state index in [2.05, 4.69) is 10.6 Å². The molecule has 1 unspecified atom stereocenters. The number of rotatable bonds is 5. The highest BCUT2D eigenvalue weighted by Crippen LogP contribution is 2.18. The molecule has 0 bridgehead atoms. The number of nitrogens with zero attached hydrogens (tertiary/aromatic N) is 1. The fourth-order valence-electron chi connectivity index (χ4n) is 3.05. The lowest BCUT2D eigenvalue weighted by atomic mass is 10.2. The van der Waals surface area contributed by atoms with Gasteiger partial charge in [-0.3, -0.25) is 14.4 Å². The molecule has 7 nitrogen and oxygen atoms in total. The zero-order chi connectivity index (χ0) is 19.4. The van der Waals surface area contributed by atoms with Gasteiger partial charge in [0.2, 0.25) is 5.91 Å². The summed E-state index contributed by atoms with van der Waals surface area (Å²) in [5.74, 6) is -0.0167. The Morgan fingerprint density at radius 2 is 2.04 bits per heavy atom. The van der Waals surface area contributed by atoms with Crippen LogP contribution in [0.25, 0.3) is 0 Å². The van der Waals surface area contributed by atoms with Gasteiger partial charge in [0.1, 0.15) is 11.5 Å². The normalized spacial score (nSPS) is 14.9. The van der Waals surface area contributed by atoms with Gasteiger partial charge in [-0.1, -0.05) is 12.1 Å². The first-order chi connectivity index (χ1) is 12.9. The van der Waals surface area contributed by atoms with Crippen LogP contribution in [0.5, 0.6) is 0 Å². The van der Waals surface area contributed by atoms with Gasteiger partial charge in [-0.25, -0.2) is 0 Å². The summed E-state index contributed by atoms with van der Waals surface area (Å²) in [6.45, 7) is 4.82. The van der Waals surface area contributed by atoms with E-state index in [9.17, 15) is 14.4 Å². The van der Waals surface area contributed by atoms with Crippen LogP contribution in [0.2, 0.25) is 0 Å². The number of nitrogens with one attached hydrogen (secondary N) is 2. The highest BCUT2D eigenvalue weighted by molar-refractivity contribution is 6.39. The molecular weight excluding hydrogens is 346 g/mol. The summed E-state index contributed by atoms with van der Waals surface area (Å²) >= 11 is 0. The summed E-state index contributed by atoms with van der Waals surface area (Å²) in [4.78, 5) is 37.8. The van der Waals surface area contributed by atoms with Gasteiger partial charge in [-0.15, -0.1) is 0 Å². The molecule has 142 valence electrons. The monoisotopic (exact) mass is 369 g/mol. The molecule has 2 heterocycles. The fourth-order valence-corrected chi connectivity index (χ4v) is 3.05. The molecule has 2 N–H and O–H groups in total. The number of furan rings is 1. The molecule has 27 heavy (non-hydrogen) atoms. The predicted octanol–water partition coefficient (Wildman–Crippen LogP) is 2.53. The maximum absolute atomic E-state index is 12.2. The number of likely N-dealkylation sites (tertiary alicyclic amines) is 1. The minimum atomic E-state index is -0.750. The van der Waals surface area contributed by atoms with Crippen molar-refractivity contribution in [3.8, 4) is 0 Å². The molecule has 1 saturated heterocycles. The van der Waals surface area contributed by atoms with E-state index in [-0.39, 0.29) is 5.91 Å². The molecule has 0 saturated carbocycles. The minimum absolute atomic E-state index is 0.144. The Bertz CT molecular complexity index is 858. The van der Waals surface area contributed by atoms with E-state index < -0.39 is 17.9 Å². The SMILES string of the molecule is Cc1ccc(C(C)NC(=O)C(=O)Nc2cccc(CN3CCCC3=O)c2)o1. The minimum Gasteiger partial charge on any atom is -0.464 e. The second kappa shape index (κ2) is 8.07. The Labute approximate surface area is 157 Å². The Balaban J connectivity index is 1.57. The van der Waals surface area contributed by atoms with Gasteiger partial charge < -0.3 is 20.0 Å². The van der Waals surface area contributed by atoms with E-state index in [4.69, 9.17) is 4.42 Å². The third-order valence-corrected chi connectivity index (χ3v) is 4.47. The van der Waals surface area contributed by atoms with Crippen LogP contribution in [0.4, 0.5) is 5.69 Å². The summed E-state index contributed by atoms with van der Waals surface area (Å²) in [6.07, 6.45) is 1.47. The summed E-state index contributed by atoms with van der Waals surface area (Å²) in [6, 6.07) is 10.3. The number of benzene rings is 1. The zero-order valence-electron chi connectivity index (χ0n) is 15.5. The number of amides is 3. The molecule has 1 atom stereocenters. The maximum atomic E-state index is 12.2. The molecule has 3 amide bonds. The van der Waals surface area contributed by atoms with E-state index in [0.717, 1.165) is 24.3 Å². The van der Waals surface area contributed by atoms with Gasteiger partial charge in [0, 0.05) is 25.2 Å². The number of anilines is 1. The molecule has 2 aromatic rings. The van der Waals surface area contributed by atoms with Gasteiger partial charge in [-0.05, 0) is 50.1 Å². The number of hydrogen-bond donors (Lipinski definition) is 2. The van der Waals surface area contributed by atoms with E-state index >= 15 is 0 Å². The van der Waals surface area contributed by atoms with Crippen molar-refractivity contribution in [2.24, 2.45) is 0 Å². The van der Waals surface area contributed by atoms with Crippen molar-refractivity contribution in [1.82, 2.24) is 10.2 Å². The first kappa shape index (κ1) is 18.7. The summed E-state index contributed by atoms with van der Waals surface area (Å²) in [7, 11) is 0. The van der Waals surface area contributed by atoms with Crippen molar-refractivity contribution in [2.45, 2.75) is 39.3 Å². The first-order valence-electron chi connectivity index (χ1n) is 8.97. The van der Waals surface area contributed by atoms with Gasteiger partial charge in [0.05, 0.1) is 6.04 Å². The number of aryl methyl sites for hydroxylation is 1. The van der Waals surface area contributed by atoms with Crippen LogP contribution in [0.3, 0.4) is 0 Å². The second-order valence-corrected chi connectivity index (χ2v) is 6.72. The van der Waals surface area contributed by atoms with Crippen LogP contribution in [0.15, 0.2) is 40.8 Å². The van der Waals surface area contributed by atoms with Crippen molar-refractivity contribution >= 4 is 23.4 Å². The smallest absolute Gasteiger partial charge is 0.313 e. The third kappa shape index (κ3) is 4.75. The molecule has 1 aromatic heterocycles. The van der Waals surface area contributed by atoms with Crippen LogP contribution in [0, 0.1) is 6.92 Å². The van der Waals surface area contributed by atoms with Gasteiger partial charge in [0.15, 0.2) is 0 Å². The average molecular weight is 369 g/mol. The molecule has 1 aliphatic heterocycles. The quantitative estimate of drug-likeness (QED) is 0.792. The Morgan fingerprint density at radius 1 is 1.22 bits per heavy atom. The van der Waals surface area contributed by atoms with Crippen LogP contribution >= 0.6 is 0 Å². The number of carbonyl (C=O) groups excluding carboxylic acids is 3. The summed E-state index contributed by atoms with van der Waals surface area (Å²) in [5.41, 5.74) is 1.42. The van der Waals surface area contributed by atoms with Crippen molar-refractivity contribution in [1.29, 1.82) is 0 Å². The molecular formula is C20H23N3O4. The molecule has 7 heteroatoms. The fraction of sp³-hybridized carbons (Fsp3) is 0.350. The van der Waals surface area contributed by atoms with Crippen LogP contribution in [0.1, 0.15) is 42.9 Å². The van der Waals surface area contributed by atoms with E-state index in [1.807, 2.05) is 13.0 Å². The van der Waals surface area contributed by atoms with E-state index in [0.29, 0.717) is 24.4 Å².